The lowest BCUT2D eigenvalue weighted by atomic mass is 9.81. The van der Waals surface area contributed by atoms with Gasteiger partial charge in [0.25, 0.3) is 5.91 Å². The van der Waals surface area contributed by atoms with Gasteiger partial charge in [0, 0.05) is 34.6 Å². The molecule has 35 heavy (non-hydrogen) atoms. The van der Waals surface area contributed by atoms with Crippen LogP contribution in [0.4, 0.5) is 4.79 Å². The van der Waals surface area contributed by atoms with Gasteiger partial charge in [-0.15, -0.1) is 0 Å². The molecule has 0 radical (unpaired) electrons. The van der Waals surface area contributed by atoms with Gasteiger partial charge in [-0.1, -0.05) is 23.7 Å². The minimum atomic E-state index is -1.02. The van der Waals surface area contributed by atoms with Crippen molar-refractivity contribution in [3.05, 3.63) is 64.3 Å². The van der Waals surface area contributed by atoms with Gasteiger partial charge in [-0.05, 0) is 87.3 Å². The van der Waals surface area contributed by atoms with Crippen molar-refractivity contribution in [1.82, 2.24) is 19.7 Å². The third kappa shape index (κ3) is 3.52. The number of aromatic hydroxyl groups is 1. The number of likely N-dealkylation sites (tertiary alicyclic amines) is 1. The molecule has 2 saturated heterocycles. The standard InChI is InChI=1S/C27H29ClN4O3/c1-27-16-21-20-15-18(28)8-9-22(20)29-23(21)24(17-6-4-7-19(33)14-17)32(27)26(35)31(25(27)34)13-5-12-30-10-2-3-11-30/h4,6-9,14-15,24,29,33H,2-3,5,10-13,16H2,1H3. The Morgan fingerprint density at radius 3 is 2.69 bits per heavy atom. The van der Waals surface area contributed by atoms with E-state index in [4.69, 9.17) is 11.6 Å². The molecule has 3 aromatic rings. The summed E-state index contributed by atoms with van der Waals surface area (Å²) in [4.78, 5) is 36.8. The maximum absolute atomic E-state index is 13.9. The number of H-pyrrole nitrogens is 1. The minimum Gasteiger partial charge on any atom is -0.508 e. The molecule has 2 atom stereocenters. The van der Waals surface area contributed by atoms with Crippen LogP contribution in [-0.2, 0) is 11.2 Å². The molecule has 6 rings (SSSR count). The Morgan fingerprint density at radius 1 is 1.11 bits per heavy atom. The molecule has 0 bridgehead atoms. The average molecular weight is 493 g/mol. The highest BCUT2D eigenvalue weighted by Gasteiger charge is 2.60. The van der Waals surface area contributed by atoms with Crippen LogP contribution in [0.3, 0.4) is 0 Å². The van der Waals surface area contributed by atoms with E-state index < -0.39 is 11.6 Å². The monoisotopic (exact) mass is 492 g/mol. The van der Waals surface area contributed by atoms with Crippen LogP contribution in [-0.4, -0.2) is 68.4 Å². The Kier molecular flexibility index (Phi) is 5.31. The fraction of sp³-hybridized carbons (Fsp3) is 0.407. The maximum atomic E-state index is 13.9. The molecule has 3 aliphatic rings. The molecule has 2 fully saturated rings. The number of nitrogens with one attached hydrogen (secondary N) is 1. The van der Waals surface area contributed by atoms with E-state index in [1.807, 2.05) is 31.2 Å². The van der Waals surface area contributed by atoms with Gasteiger partial charge < -0.3 is 15.0 Å². The number of nitrogens with zero attached hydrogens (tertiary/aromatic N) is 3. The number of aromatic nitrogens is 1. The highest BCUT2D eigenvalue weighted by atomic mass is 35.5. The first-order valence-electron chi connectivity index (χ1n) is 12.3. The second-order valence-electron chi connectivity index (χ2n) is 10.2. The van der Waals surface area contributed by atoms with Gasteiger partial charge in [0.1, 0.15) is 17.3 Å². The minimum absolute atomic E-state index is 0.121. The summed E-state index contributed by atoms with van der Waals surface area (Å²) < 4.78 is 0. The van der Waals surface area contributed by atoms with Gasteiger partial charge in [-0.2, -0.15) is 0 Å². The second-order valence-corrected chi connectivity index (χ2v) is 10.6. The zero-order chi connectivity index (χ0) is 24.3. The Hall–Kier alpha value is -3.03. The third-order valence-electron chi connectivity index (χ3n) is 7.87. The smallest absolute Gasteiger partial charge is 0.328 e. The van der Waals surface area contributed by atoms with Crippen molar-refractivity contribution < 1.29 is 14.7 Å². The van der Waals surface area contributed by atoms with Crippen LogP contribution in [0.25, 0.3) is 10.9 Å². The Morgan fingerprint density at radius 2 is 1.91 bits per heavy atom. The van der Waals surface area contributed by atoms with Crippen molar-refractivity contribution in [3.8, 4) is 5.75 Å². The van der Waals surface area contributed by atoms with Crippen molar-refractivity contribution in [1.29, 1.82) is 0 Å². The number of carbonyl (C=O) groups excluding carboxylic acids is 2. The van der Waals surface area contributed by atoms with E-state index in [1.54, 1.807) is 23.1 Å². The lowest BCUT2D eigenvalue weighted by molar-refractivity contribution is -0.133. The number of benzene rings is 2. The fourth-order valence-corrected chi connectivity index (χ4v) is 6.35. The summed E-state index contributed by atoms with van der Waals surface area (Å²) in [6.07, 6.45) is 3.61. The number of halogens is 1. The molecule has 0 saturated carbocycles. The van der Waals surface area contributed by atoms with Crippen molar-refractivity contribution in [2.75, 3.05) is 26.2 Å². The third-order valence-corrected chi connectivity index (χ3v) is 8.10. The number of urea groups is 1. The Bertz CT molecular complexity index is 1330. The Balaban J connectivity index is 1.42. The number of rotatable bonds is 5. The number of phenols is 1. The second kappa shape index (κ2) is 8.28. The van der Waals surface area contributed by atoms with Crippen LogP contribution in [0.15, 0.2) is 42.5 Å². The lowest BCUT2D eigenvalue weighted by Gasteiger charge is -2.42. The molecule has 4 heterocycles. The van der Waals surface area contributed by atoms with E-state index in [9.17, 15) is 14.7 Å². The van der Waals surface area contributed by atoms with E-state index in [0.29, 0.717) is 18.0 Å². The number of hydrogen-bond acceptors (Lipinski definition) is 4. The van der Waals surface area contributed by atoms with Gasteiger partial charge in [-0.3, -0.25) is 14.6 Å². The largest absolute Gasteiger partial charge is 0.508 e. The first kappa shape index (κ1) is 22.4. The SMILES string of the molecule is CC12Cc3c([nH]c4ccc(Cl)cc34)C(c3cccc(O)c3)N1C(=O)N(CCCN1CCCC1)C2=O. The van der Waals surface area contributed by atoms with Crippen molar-refractivity contribution in [2.45, 2.75) is 44.2 Å². The van der Waals surface area contributed by atoms with Crippen LogP contribution in [0.2, 0.25) is 5.02 Å². The number of imide groups is 1. The first-order chi connectivity index (χ1) is 16.9. The molecule has 7 nitrogen and oxygen atoms in total. The molecule has 0 spiro atoms. The van der Waals surface area contributed by atoms with Gasteiger partial charge in [-0.25, -0.2) is 4.79 Å². The molecule has 182 valence electrons. The van der Waals surface area contributed by atoms with E-state index >= 15 is 0 Å². The highest BCUT2D eigenvalue weighted by molar-refractivity contribution is 6.31. The normalized spacial score (nSPS) is 24.5. The van der Waals surface area contributed by atoms with Crippen molar-refractivity contribution >= 4 is 34.4 Å². The summed E-state index contributed by atoms with van der Waals surface area (Å²) in [7, 11) is 0. The molecular weight excluding hydrogens is 464 g/mol. The zero-order valence-electron chi connectivity index (χ0n) is 19.8. The predicted octanol–water partition coefficient (Wildman–Crippen LogP) is 4.68. The molecule has 1 aromatic heterocycles. The molecular formula is C27H29ClN4O3. The zero-order valence-corrected chi connectivity index (χ0v) is 20.5. The number of phenolic OH excluding ortho intramolecular Hbond substituents is 1. The van der Waals surface area contributed by atoms with Crippen LogP contribution in [0, 0.1) is 0 Å². The van der Waals surface area contributed by atoms with Crippen LogP contribution in [0.5, 0.6) is 5.75 Å². The topological polar surface area (TPSA) is 79.9 Å². The van der Waals surface area contributed by atoms with Crippen LogP contribution in [0.1, 0.15) is 49.0 Å². The number of hydrogen-bond donors (Lipinski definition) is 2. The fourth-order valence-electron chi connectivity index (χ4n) is 6.18. The van der Waals surface area contributed by atoms with E-state index in [2.05, 4.69) is 9.88 Å². The number of fused-ring (bicyclic) bond motifs is 4. The summed E-state index contributed by atoms with van der Waals surface area (Å²) in [5.41, 5.74) is 2.51. The number of amides is 3. The summed E-state index contributed by atoms with van der Waals surface area (Å²) >= 11 is 6.33. The maximum Gasteiger partial charge on any atom is 0.328 e. The van der Waals surface area contributed by atoms with Crippen molar-refractivity contribution in [3.63, 3.8) is 0 Å². The molecule has 2 N–H and O–H groups in total. The van der Waals surface area contributed by atoms with Crippen molar-refractivity contribution in [2.24, 2.45) is 0 Å². The summed E-state index contributed by atoms with van der Waals surface area (Å²) in [5.74, 6) is -0.0352. The lowest BCUT2D eigenvalue weighted by Crippen LogP contribution is -2.53. The highest BCUT2D eigenvalue weighted by Crippen LogP contribution is 2.49. The molecule has 3 amide bonds. The summed E-state index contributed by atoms with van der Waals surface area (Å²) in [6.45, 7) is 5.36. The van der Waals surface area contributed by atoms with E-state index in [1.165, 1.54) is 17.7 Å². The molecule has 3 aliphatic heterocycles. The summed E-state index contributed by atoms with van der Waals surface area (Å²) in [6, 6.07) is 11.8. The number of carbonyl (C=O) groups is 2. The van der Waals surface area contributed by atoms with Crippen LogP contribution < -0.4 is 0 Å². The van der Waals surface area contributed by atoms with Gasteiger partial charge >= 0.3 is 6.03 Å². The van der Waals surface area contributed by atoms with E-state index in [0.717, 1.165) is 53.8 Å². The number of aromatic amines is 1. The predicted molar refractivity (Wildman–Crippen MR) is 135 cm³/mol. The summed E-state index contributed by atoms with van der Waals surface area (Å²) in [5, 5.41) is 11.8. The molecule has 2 unspecified atom stereocenters. The van der Waals surface area contributed by atoms with E-state index in [-0.39, 0.29) is 17.7 Å². The molecule has 0 aliphatic carbocycles. The first-order valence-corrected chi connectivity index (χ1v) is 12.7. The molecule has 2 aromatic carbocycles. The quantitative estimate of drug-likeness (QED) is 0.507. The van der Waals surface area contributed by atoms with Gasteiger partial charge in [0.2, 0.25) is 0 Å². The average Bonchev–Trinajstić information content (AvgIpc) is 3.51. The molecule has 8 heteroatoms. The Labute approximate surface area is 209 Å². The van der Waals surface area contributed by atoms with Crippen LogP contribution >= 0.6 is 11.6 Å². The van der Waals surface area contributed by atoms with Gasteiger partial charge in [0.05, 0.1) is 0 Å². The van der Waals surface area contributed by atoms with Gasteiger partial charge in [0.15, 0.2) is 0 Å².